The van der Waals surface area contributed by atoms with Gasteiger partial charge in [-0.1, -0.05) is 13.3 Å². The average molecular weight is 411 g/mol. The summed E-state index contributed by atoms with van der Waals surface area (Å²) in [5, 5.41) is 6.30. The number of nitrogens with zero attached hydrogens (tertiary/aromatic N) is 1. The van der Waals surface area contributed by atoms with Crippen molar-refractivity contribution in [3.05, 3.63) is 35.4 Å². The van der Waals surface area contributed by atoms with Gasteiger partial charge in [0.1, 0.15) is 11.6 Å². The number of unbranched alkanes of at least 4 members (excludes halogenated alkanes) is 1. The van der Waals surface area contributed by atoms with Gasteiger partial charge in [0, 0.05) is 25.7 Å². The molecule has 120 valence electrons. The molecule has 1 rings (SSSR count). The molecule has 1 aromatic rings. The van der Waals surface area contributed by atoms with Gasteiger partial charge < -0.3 is 10.6 Å². The molecule has 0 aliphatic rings. The highest BCUT2D eigenvalue weighted by Gasteiger charge is 2.01. The number of guanidine groups is 1. The van der Waals surface area contributed by atoms with Crippen LogP contribution in [0.4, 0.5) is 8.78 Å². The Kier molecular flexibility index (Phi) is 11.2. The van der Waals surface area contributed by atoms with E-state index in [4.69, 9.17) is 0 Å². The summed E-state index contributed by atoms with van der Waals surface area (Å²) in [6, 6.07) is 3.59. The van der Waals surface area contributed by atoms with Crippen molar-refractivity contribution in [2.45, 2.75) is 33.1 Å². The third kappa shape index (κ3) is 8.85. The second-order valence-electron chi connectivity index (χ2n) is 4.57. The van der Waals surface area contributed by atoms with Gasteiger partial charge in [0.25, 0.3) is 0 Å². The van der Waals surface area contributed by atoms with Gasteiger partial charge in [0.2, 0.25) is 0 Å². The van der Waals surface area contributed by atoms with Crippen molar-refractivity contribution in [3.8, 4) is 0 Å². The first-order valence-corrected chi connectivity index (χ1v) is 7.12. The van der Waals surface area contributed by atoms with Gasteiger partial charge >= 0.3 is 0 Å². The van der Waals surface area contributed by atoms with Crippen LogP contribution in [0.3, 0.4) is 0 Å². The third-order valence-corrected chi connectivity index (χ3v) is 2.75. The van der Waals surface area contributed by atoms with Gasteiger partial charge in [-0.3, -0.25) is 4.99 Å². The number of benzene rings is 1. The minimum absolute atomic E-state index is 0. The largest absolute Gasteiger partial charge is 0.357 e. The molecular formula is C15H24F2IN3. The van der Waals surface area contributed by atoms with Crippen molar-refractivity contribution in [3.63, 3.8) is 0 Å². The first kappa shape index (κ1) is 20.1. The summed E-state index contributed by atoms with van der Waals surface area (Å²) in [5.41, 5.74) is 0.638. The van der Waals surface area contributed by atoms with E-state index in [1.807, 2.05) is 6.92 Å². The highest BCUT2D eigenvalue weighted by atomic mass is 127. The van der Waals surface area contributed by atoms with E-state index < -0.39 is 11.6 Å². The predicted molar refractivity (Wildman–Crippen MR) is 94.4 cm³/mol. The molecule has 0 aliphatic heterocycles. The Morgan fingerprint density at radius 2 is 1.76 bits per heavy atom. The van der Waals surface area contributed by atoms with Crippen molar-refractivity contribution in [2.75, 3.05) is 19.6 Å². The summed E-state index contributed by atoms with van der Waals surface area (Å²) in [5.74, 6) is -0.329. The summed E-state index contributed by atoms with van der Waals surface area (Å²) in [7, 11) is 0. The summed E-state index contributed by atoms with van der Waals surface area (Å²) < 4.78 is 26.1. The lowest BCUT2D eigenvalue weighted by Gasteiger charge is -2.11. The summed E-state index contributed by atoms with van der Waals surface area (Å²) in [6.07, 6.45) is 2.70. The van der Waals surface area contributed by atoms with Crippen molar-refractivity contribution in [2.24, 2.45) is 4.99 Å². The Hall–Kier alpha value is -0.920. The van der Waals surface area contributed by atoms with Gasteiger partial charge in [-0.2, -0.15) is 0 Å². The van der Waals surface area contributed by atoms with E-state index in [9.17, 15) is 8.78 Å². The molecule has 3 nitrogen and oxygen atoms in total. The van der Waals surface area contributed by atoms with Crippen LogP contribution in [-0.4, -0.2) is 25.6 Å². The molecule has 21 heavy (non-hydrogen) atoms. The van der Waals surface area contributed by atoms with E-state index in [1.54, 1.807) is 0 Å². The fraction of sp³-hybridized carbons (Fsp3) is 0.533. The summed E-state index contributed by atoms with van der Waals surface area (Å²) in [6.45, 7) is 6.27. The third-order valence-electron chi connectivity index (χ3n) is 2.75. The first-order chi connectivity index (χ1) is 9.65. The number of rotatable bonds is 7. The second-order valence-corrected chi connectivity index (χ2v) is 4.57. The van der Waals surface area contributed by atoms with Crippen molar-refractivity contribution < 1.29 is 8.78 Å². The zero-order valence-electron chi connectivity index (χ0n) is 12.6. The van der Waals surface area contributed by atoms with Gasteiger partial charge in [-0.25, -0.2) is 8.78 Å². The van der Waals surface area contributed by atoms with Crippen LogP contribution >= 0.6 is 24.0 Å². The number of aliphatic imine (C=N–C) groups is 1. The maximum atomic E-state index is 13.0. The zero-order valence-corrected chi connectivity index (χ0v) is 14.9. The maximum absolute atomic E-state index is 13.0. The molecule has 0 unspecified atom stereocenters. The zero-order chi connectivity index (χ0) is 14.8. The highest BCUT2D eigenvalue weighted by Crippen LogP contribution is 2.07. The van der Waals surface area contributed by atoms with E-state index in [0.29, 0.717) is 18.5 Å². The van der Waals surface area contributed by atoms with E-state index in [1.165, 1.54) is 12.1 Å². The van der Waals surface area contributed by atoms with Crippen LogP contribution in [-0.2, 0) is 6.42 Å². The van der Waals surface area contributed by atoms with Gasteiger partial charge in [0.05, 0.1) is 0 Å². The fourth-order valence-electron chi connectivity index (χ4n) is 1.77. The second kappa shape index (κ2) is 11.7. The first-order valence-electron chi connectivity index (χ1n) is 7.12. The van der Waals surface area contributed by atoms with Gasteiger partial charge in [0.15, 0.2) is 5.96 Å². The molecular weight excluding hydrogens is 387 g/mol. The molecule has 0 heterocycles. The lowest BCUT2D eigenvalue weighted by molar-refractivity contribution is 0.579. The minimum atomic E-state index is -0.538. The van der Waals surface area contributed by atoms with Gasteiger partial charge in [-0.05, 0) is 37.5 Å². The topological polar surface area (TPSA) is 36.4 Å². The van der Waals surface area contributed by atoms with Crippen molar-refractivity contribution in [1.82, 2.24) is 10.6 Å². The van der Waals surface area contributed by atoms with E-state index >= 15 is 0 Å². The van der Waals surface area contributed by atoms with Gasteiger partial charge in [-0.15, -0.1) is 24.0 Å². The summed E-state index contributed by atoms with van der Waals surface area (Å²) in [4.78, 5) is 4.42. The maximum Gasteiger partial charge on any atom is 0.191 e. The lowest BCUT2D eigenvalue weighted by atomic mass is 10.1. The van der Waals surface area contributed by atoms with Crippen molar-refractivity contribution in [1.29, 1.82) is 0 Å². The normalized spacial score (nSPS) is 11.0. The smallest absolute Gasteiger partial charge is 0.191 e. The molecule has 2 N–H and O–H groups in total. The quantitative estimate of drug-likeness (QED) is 0.312. The number of hydrogen-bond donors (Lipinski definition) is 2. The van der Waals surface area contributed by atoms with E-state index in [2.05, 4.69) is 22.5 Å². The molecule has 0 amide bonds. The molecule has 0 spiro atoms. The molecule has 0 saturated carbocycles. The van der Waals surface area contributed by atoms with E-state index in [0.717, 1.165) is 38.0 Å². The van der Waals surface area contributed by atoms with Crippen molar-refractivity contribution >= 4 is 29.9 Å². The number of halogens is 3. The Balaban J connectivity index is 0.00000400. The Morgan fingerprint density at radius 3 is 2.33 bits per heavy atom. The molecule has 0 atom stereocenters. The fourth-order valence-corrected chi connectivity index (χ4v) is 1.77. The average Bonchev–Trinajstić information content (AvgIpc) is 2.38. The van der Waals surface area contributed by atoms with Crippen LogP contribution in [0.5, 0.6) is 0 Å². The highest BCUT2D eigenvalue weighted by molar-refractivity contribution is 14.0. The molecule has 0 aliphatic carbocycles. The molecule has 0 aromatic heterocycles. The van der Waals surface area contributed by atoms with E-state index in [-0.39, 0.29) is 24.0 Å². The Labute approximate surface area is 142 Å². The van der Waals surface area contributed by atoms with Crippen LogP contribution in [0.1, 0.15) is 32.3 Å². The monoisotopic (exact) mass is 411 g/mol. The molecule has 0 radical (unpaired) electrons. The molecule has 1 aromatic carbocycles. The number of nitrogens with one attached hydrogen (secondary N) is 2. The Bertz CT molecular complexity index is 419. The standard InChI is InChI=1S/C15H23F2N3.HI/c1-3-5-7-19-15(18-4-2)20-8-6-12-9-13(16)11-14(17)10-12;/h9-11H,3-8H2,1-2H3,(H2,18,19,20);1H. The molecule has 6 heteroatoms. The lowest BCUT2D eigenvalue weighted by Crippen LogP contribution is -2.38. The van der Waals surface area contributed by atoms with Crippen LogP contribution in [0, 0.1) is 11.6 Å². The molecule has 0 fully saturated rings. The summed E-state index contributed by atoms with van der Waals surface area (Å²) >= 11 is 0. The predicted octanol–water partition coefficient (Wildman–Crippen LogP) is 3.48. The van der Waals surface area contributed by atoms with Crippen LogP contribution < -0.4 is 10.6 Å². The Morgan fingerprint density at radius 1 is 1.10 bits per heavy atom. The molecule has 0 bridgehead atoms. The van der Waals surface area contributed by atoms with Crippen LogP contribution in [0.25, 0.3) is 0 Å². The van der Waals surface area contributed by atoms with Crippen LogP contribution in [0.2, 0.25) is 0 Å². The SMILES string of the molecule is CCCCN=C(NCC)NCCc1cc(F)cc(F)c1.I. The number of hydrogen-bond acceptors (Lipinski definition) is 1. The van der Waals surface area contributed by atoms with Crippen LogP contribution in [0.15, 0.2) is 23.2 Å². The molecule has 0 saturated heterocycles. The minimum Gasteiger partial charge on any atom is -0.357 e.